The number of nitrogens with one attached hydrogen (secondary N) is 3. The summed E-state index contributed by atoms with van der Waals surface area (Å²) in [5.74, 6) is 0.784. The largest absolute Gasteiger partial charge is 0.480 e. The molecule has 3 heterocycles. The molecular formula is C21H28N6O5. The van der Waals surface area contributed by atoms with E-state index in [1.54, 1.807) is 0 Å². The molecule has 2 aromatic rings. The second-order valence-corrected chi connectivity index (χ2v) is 8.51. The molecule has 2 fully saturated rings. The zero-order valence-electron chi connectivity index (χ0n) is 18.2. The van der Waals surface area contributed by atoms with Gasteiger partial charge in [-0.15, -0.1) is 0 Å². The van der Waals surface area contributed by atoms with Crippen molar-refractivity contribution in [2.24, 2.45) is 0 Å². The quantitative estimate of drug-likeness (QED) is 0.588. The number of methoxy groups -OCH3 is 1. The molecule has 3 atom stereocenters. The molecule has 1 unspecified atom stereocenters. The van der Waals surface area contributed by atoms with E-state index < -0.39 is 6.09 Å². The highest BCUT2D eigenvalue weighted by Crippen LogP contribution is 2.36. The van der Waals surface area contributed by atoms with Gasteiger partial charge in [-0.2, -0.15) is 5.10 Å². The number of alkyl carbamates (subject to hydrolysis) is 1. The third-order valence-electron chi connectivity index (χ3n) is 5.82. The van der Waals surface area contributed by atoms with Crippen molar-refractivity contribution >= 4 is 17.8 Å². The van der Waals surface area contributed by atoms with Gasteiger partial charge in [-0.3, -0.25) is 14.9 Å². The minimum atomic E-state index is -0.400. The average molecular weight is 444 g/mol. The normalized spacial score (nSPS) is 24.8. The van der Waals surface area contributed by atoms with Crippen molar-refractivity contribution in [3.05, 3.63) is 29.8 Å². The van der Waals surface area contributed by atoms with E-state index in [4.69, 9.17) is 14.2 Å². The first-order valence-corrected chi connectivity index (χ1v) is 10.7. The fourth-order valence-electron chi connectivity index (χ4n) is 4.02. The summed E-state index contributed by atoms with van der Waals surface area (Å²) in [4.78, 5) is 32.7. The van der Waals surface area contributed by atoms with Crippen LogP contribution in [-0.2, 0) is 20.7 Å². The summed E-state index contributed by atoms with van der Waals surface area (Å²) >= 11 is 0. The highest BCUT2D eigenvalue weighted by Gasteiger charge is 2.34. The number of carbonyl (C=O) groups is 2. The summed E-state index contributed by atoms with van der Waals surface area (Å²) in [7, 11) is 1.51. The molecule has 4 rings (SSSR count). The van der Waals surface area contributed by atoms with Crippen molar-refractivity contribution < 1.29 is 23.8 Å². The van der Waals surface area contributed by atoms with Crippen LogP contribution in [0.3, 0.4) is 0 Å². The first-order chi connectivity index (χ1) is 15.4. The van der Waals surface area contributed by atoms with Crippen molar-refractivity contribution in [3.63, 3.8) is 0 Å². The predicted octanol–water partition coefficient (Wildman–Crippen LogP) is 1.93. The van der Waals surface area contributed by atoms with Crippen LogP contribution in [0.1, 0.15) is 49.9 Å². The third-order valence-corrected chi connectivity index (χ3v) is 5.82. The van der Waals surface area contributed by atoms with E-state index in [-0.39, 0.29) is 29.9 Å². The van der Waals surface area contributed by atoms with E-state index in [9.17, 15) is 9.59 Å². The maximum absolute atomic E-state index is 12.3. The topological polar surface area (TPSA) is 140 Å². The summed E-state index contributed by atoms with van der Waals surface area (Å²) in [5, 5.41) is 12.9. The second kappa shape index (κ2) is 9.51. The first-order valence-electron chi connectivity index (χ1n) is 10.7. The van der Waals surface area contributed by atoms with Crippen LogP contribution in [0.4, 0.5) is 10.6 Å². The number of carbonyl (C=O) groups excluding carboxylic acids is 2. The van der Waals surface area contributed by atoms with Crippen LogP contribution in [0.25, 0.3) is 0 Å². The molecule has 0 radical (unpaired) electrons. The molecule has 0 bridgehead atoms. The number of anilines is 1. The van der Waals surface area contributed by atoms with Gasteiger partial charge < -0.3 is 24.8 Å². The molecule has 172 valence electrons. The Bertz CT molecular complexity index is 940. The molecule has 32 heavy (non-hydrogen) atoms. The zero-order valence-corrected chi connectivity index (χ0v) is 18.2. The van der Waals surface area contributed by atoms with Crippen LogP contribution < -0.4 is 15.4 Å². The van der Waals surface area contributed by atoms with E-state index in [1.165, 1.54) is 19.5 Å². The number of aromatic nitrogens is 4. The summed E-state index contributed by atoms with van der Waals surface area (Å²) < 4.78 is 15.9. The fourth-order valence-corrected chi connectivity index (χ4v) is 4.02. The summed E-state index contributed by atoms with van der Waals surface area (Å²) in [6.07, 6.45) is 5.64. The number of nitrogens with zero attached hydrogens (tertiary/aromatic N) is 3. The lowest BCUT2D eigenvalue weighted by atomic mass is 10.0. The number of H-pyrrole nitrogens is 1. The van der Waals surface area contributed by atoms with E-state index in [0.717, 1.165) is 25.0 Å². The van der Waals surface area contributed by atoms with Crippen LogP contribution in [0.5, 0.6) is 5.88 Å². The lowest BCUT2D eigenvalue weighted by molar-refractivity contribution is -0.115. The van der Waals surface area contributed by atoms with Crippen LogP contribution in [0.15, 0.2) is 18.5 Å². The Morgan fingerprint density at radius 1 is 1.31 bits per heavy atom. The highest BCUT2D eigenvalue weighted by molar-refractivity contribution is 5.91. The molecule has 2 amide bonds. The Balaban J connectivity index is 1.24. The number of hydrogen-bond donors (Lipinski definition) is 3. The standard InChI is InChI=1S/C21H28N6O5/c1-21(5-6-31-12-21)25-20(29)32-15-4-3-13(7-15)16-9-17(27-26-16)24-18(28)8-14-10-23-19(30-2)11-22-14/h9-11,13,15H,3-8,12H2,1-2H3,(H,25,29)(H2,24,26,27,28)/t13-,15+,21?/m0/s1. The molecule has 11 nitrogen and oxygen atoms in total. The number of amides is 2. The lowest BCUT2D eigenvalue weighted by Gasteiger charge is -2.24. The van der Waals surface area contributed by atoms with Gasteiger partial charge in [-0.25, -0.2) is 9.78 Å². The monoisotopic (exact) mass is 444 g/mol. The molecular weight excluding hydrogens is 416 g/mol. The highest BCUT2D eigenvalue weighted by atomic mass is 16.6. The van der Waals surface area contributed by atoms with Gasteiger partial charge in [0, 0.05) is 24.3 Å². The van der Waals surface area contributed by atoms with Gasteiger partial charge in [0.15, 0.2) is 5.82 Å². The van der Waals surface area contributed by atoms with E-state index in [1.807, 2.05) is 13.0 Å². The molecule has 1 aliphatic carbocycles. The molecule has 2 aliphatic rings. The predicted molar refractivity (Wildman–Crippen MR) is 113 cm³/mol. The minimum Gasteiger partial charge on any atom is -0.480 e. The molecule has 1 saturated carbocycles. The summed E-state index contributed by atoms with van der Waals surface area (Å²) in [5.41, 5.74) is 1.08. The maximum atomic E-state index is 12.3. The number of hydrogen-bond acceptors (Lipinski definition) is 8. The average Bonchev–Trinajstić information content (AvgIpc) is 3.50. The van der Waals surface area contributed by atoms with Crippen LogP contribution in [0.2, 0.25) is 0 Å². The third kappa shape index (κ3) is 5.52. The molecule has 2 aromatic heterocycles. The first kappa shape index (κ1) is 22.0. The van der Waals surface area contributed by atoms with Crippen LogP contribution >= 0.6 is 0 Å². The summed E-state index contributed by atoms with van der Waals surface area (Å²) in [6.45, 7) is 3.11. The van der Waals surface area contributed by atoms with Crippen molar-refractivity contribution in [1.82, 2.24) is 25.5 Å². The number of ether oxygens (including phenoxy) is 3. The molecule has 0 aromatic carbocycles. The molecule has 1 aliphatic heterocycles. The minimum absolute atomic E-state index is 0.0810. The zero-order chi connectivity index (χ0) is 22.6. The molecule has 11 heteroatoms. The van der Waals surface area contributed by atoms with Crippen molar-refractivity contribution in [2.45, 2.75) is 56.6 Å². The van der Waals surface area contributed by atoms with Crippen LogP contribution in [-0.4, -0.2) is 64.1 Å². The fraction of sp³-hybridized carbons (Fsp3) is 0.571. The van der Waals surface area contributed by atoms with Crippen molar-refractivity contribution in [2.75, 3.05) is 25.6 Å². The second-order valence-electron chi connectivity index (χ2n) is 8.51. The van der Waals surface area contributed by atoms with Gasteiger partial charge in [0.05, 0.1) is 43.8 Å². The molecule has 0 spiro atoms. The number of rotatable bonds is 7. The van der Waals surface area contributed by atoms with Gasteiger partial charge in [0.2, 0.25) is 11.8 Å². The van der Waals surface area contributed by atoms with E-state index in [0.29, 0.717) is 37.0 Å². The van der Waals surface area contributed by atoms with Gasteiger partial charge in [0.25, 0.3) is 0 Å². The van der Waals surface area contributed by atoms with Crippen LogP contribution in [0, 0.1) is 0 Å². The Hall–Kier alpha value is -3.21. The molecule has 3 N–H and O–H groups in total. The smallest absolute Gasteiger partial charge is 0.407 e. The van der Waals surface area contributed by atoms with E-state index in [2.05, 4.69) is 30.8 Å². The van der Waals surface area contributed by atoms with Crippen molar-refractivity contribution in [3.8, 4) is 5.88 Å². The molecule has 1 saturated heterocycles. The van der Waals surface area contributed by atoms with Gasteiger partial charge in [-0.1, -0.05) is 0 Å². The van der Waals surface area contributed by atoms with Gasteiger partial charge in [0.1, 0.15) is 6.10 Å². The SMILES string of the molecule is COc1cnc(CC(=O)Nc2cc([C@H]3CC[C@@H](OC(=O)NC4(C)CCOC4)C3)[nH]n2)cn1. The Morgan fingerprint density at radius 2 is 2.19 bits per heavy atom. The number of aromatic amines is 1. The van der Waals surface area contributed by atoms with Crippen molar-refractivity contribution in [1.29, 1.82) is 0 Å². The van der Waals surface area contributed by atoms with E-state index >= 15 is 0 Å². The summed E-state index contributed by atoms with van der Waals surface area (Å²) in [6, 6.07) is 1.82. The lowest BCUT2D eigenvalue weighted by Crippen LogP contribution is -2.47. The van der Waals surface area contributed by atoms with Gasteiger partial charge >= 0.3 is 6.09 Å². The Kier molecular flexibility index (Phi) is 6.54. The Morgan fingerprint density at radius 3 is 2.91 bits per heavy atom. The maximum Gasteiger partial charge on any atom is 0.407 e. The Labute approximate surface area is 185 Å². The van der Waals surface area contributed by atoms with Gasteiger partial charge in [-0.05, 0) is 32.6 Å².